The van der Waals surface area contributed by atoms with Crippen LogP contribution >= 0.6 is 0 Å². The van der Waals surface area contributed by atoms with Crippen LogP contribution in [0.4, 0.5) is 8.78 Å². The van der Waals surface area contributed by atoms with Gasteiger partial charge >= 0.3 is 0 Å². The Labute approximate surface area is 119 Å². The summed E-state index contributed by atoms with van der Waals surface area (Å²) in [6.45, 7) is 1.97. The predicted molar refractivity (Wildman–Crippen MR) is 75.7 cm³/mol. The third-order valence-corrected chi connectivity index (χ3v) is 4.43. The zero-order valence-electron chi connectivity index (χ0n) is 11.0. The topological polar surface area (TPSA) is 43.1 Å². The number of halogens is 2. The highest BCUT2D eigenvalue weighted by Gasteiger charge is 2.14. The van der Waals surface area contributed by atoms with Crippen molar-refractivity contribution in [3.05, 3.63) is 65.2 Å². The number of hydrogen-bond donors (Lipinski definition) is 1. The van der Waals surface area contributed by atoms with Gasteiger partial charge in [-0.15, -0.1) is 0 Å². The van der Waals surface area contributed by atoms with Crippen LogP contribution in [-0.2, 0) is 10.8 Å². The monoisotopic (exact) mass is 295 g/mol. The van der Waals surface area contributed by atoms with Gasteiger partial charge in [0.15, 0.2) is 11.6 Å². The zero-order valence-corrected chi connectivity index (χ0v) is 11.8. The van der Waals surface area contributed by atoms with Crippen molar-refractivity contribution < 1.29 is 13.0 Å². The smallest absolute Gasteiger partial charge is 0.160 e. The van der Waals surface area contributed by atoms with Gasteiger partial charge in [0.2, 0.25) is 0 Å². The highest BCUT2D eigenvalue weighted by atomic mass is 32.2. The minimum Gasteiger partial charge on any atom is -0.323 e. The van der Waals surface area contributed by atoms with E-state index in [0.29, 0.717) is 0 Å². The first-order valence-corrected chi connectivity index (χ1v) is 7.45. The first-order chi connectivity index (χ1) is 9.47. The molecule has 5 heteroatoms. The lowest BCUT2D eigenvalue weighted by molar-refractivity contribution is 0.505. The van der Waals surface area contributed by atoms with Gasteiger partial charge in [0.25, 0.3) is 0 Å². The number of hydrogen-bond acceptors (Lipinski definition) is 2. The van der Waals surface area contributed by atoms with Crippen LogP contribution in [0.1, 0.15) is 17.2 Å². The summed E-state index contributed by atoms with van der Waals surface area (Å²) in [5, 5.41) is 0. The molecule has 0 bridgehead atoms. The predicted octanol–water partition coefficient (Wildman–Crippen LogP) is 3.08. The number of aryl methyl sites for hydroxylation is 1. The summed E-state index contributed by atoms with van der Waals surface area (Å²) in [7, 11) is -1.47. The van der Waals surface area contributed by atoms with Crippen LogP contribution in [0.3, 0.4) is 0 Å². The number of benzene rings is 2. The Bertz CT molecular complexity index is 628. The molecule has 106 valence electrons. The molecule has 2 aromatic carbocycles. The third kappa shape index (κ3) is 3.49. The normalized spacial score (nSPS) is 14.0. The summed E-state index contributed by atoms with van der Waals surface area (Å²) in [5.74, 6) is -1.79. The van der Waals surface area contributed by atoms with Gasteiger partial charge in [-0.2, -0.15) is 0 Å². The molecule has 0 fully saturated rings. The summed E-state index contributed by atoms with van der Waals surface area (Å²) in [6, 6.07) is 10.4. The first kappa shape index (κ1) is 14.8. The fourth-order valence-electron chi connectivity index (χ4n) is 1.79. The first-order valence-electron chi connectivity index (χ1n) is 6.13. The Balaban J connectivity index is 2.10. The quantitative estimate of drug-likeness (QED) is 0.942. The average Bonchev–Trinajstić information content (AvgIpc) is 2.42. The van der Waals surface area contributed by atoms with Crippen molar-refractivity contribution in [3.63, 3.8) is 0 Å². The molecule has 0 amide bonds. The molecule has 0 saturated heterocycles. The van der Waals surface area contributed by atoms with Gasteiger partial charge < -0.3 is 5.73 Å². The largest absolute Gasteiger partial charge is 0.323 e. The maximum Gasteiger partial charge on any atom is 0.160 e. The maximum absolute atomic E-state index is 13.1. The van der Waals surface area contributed by atoms with Crippen LogP contribution < -0.4 is 5.73 Å². The Morgan fingerprint density at radius 1 is 1.10 bits per heavy atom. The van der Waals surface area contributed by atoms with Crippen molar-refractivity contribution >= 4 is 10.8 Å². The van der Waals surface area contributed by atoms with E-state index >= 15 is 0 Å². The van der Waals surface area contributed by atoms with E-state index in [4.69, 9.17) is 5.73 Å². The molecule has 2 N–H and O–H groups in total. The molecule has 0 radical (unpaired) electrons. The van der Waals surface area contributed by atoms with Crippen LogP contribution in [0.25, 0.3) is 0 Å². The van der Waals surface area contributed by atoms with Gasteiger partial charge in [0, 0.05) is 16.7 Å². The molecule has 0 aliphatic heterocycles. The fraction of sp³-hybridized carbons (Fsp3) is 0.200. The zero-order chi connectivity index (χ0) is 14.7. The standard InChI is InChI=1S/C15H15F2NOS/c1-10-2-4-11(5-3-10)15(18)9-20(19)12-6-7-13(16)14(17)8-12/h2-8,15H,9,18H2,1H3. The molecular weight excluding hydrogens is 280 g/mol. The van der Waals surface area contributed by atoms with Gasteiger partial charge in [0.1, 0.15) is 0 Å². The third-order valence-electron chi connectivity index (χ3n) is 2.99. The van der Waals surface area contributed by atoms with Crippen molar-refractivity contribution in [2.24, 2.45) is 5.73 Å². The van der Waals surface area contributed by atoms with E-state index in [2.05, 4.69) is 0 Å². The van der Waals surface area contributed by atoms with Crippen molar-refractivity contribution in [1.29, 1.82) is 0 Å². The number of rotatable bonds is 4. The Hall–Kier alpha value is -1.59. The molecule has 0 heterocycles. The molecule has 2 unspecified atom stereocenters. The molecule has 2 atom stereocenters. The highest BCUT2D eigenvalue weighted by molar-refractivity contribution is 7.85. The van der Waals surface area contributed by atoms with Gasteiger partial charge in [-0.1, -0.05) is 29.8 Å². The van der Waals surface area contributed by atoms with Crippen LogP contribution in [-0.4, -0.2) is 9.96 Å². The van der Waals surface area contributed by atoms with Crippen LogP contribution in [0.5, 0.6) is 0 Å². The van der Waals surface area contributed by atoms with E-state index in [1.165, 1.54) is 6.07 Å². The van der Waals surface area contributed by atoms with Gasteiger partial charge in [-0.25, -0.2) is 8.78 Å². The van der Waals surface area contributed by atoms with E-state index in [1.54, 1.807) is 0 Å². The van der Waals surface area contributed by atoms with Crippen LogP contribution in [0, 0.1) is 18.6 Å². The van der Waals surface area contributed by atoms with Gasteiger partial charge in [-0.05, 0) is 30.7 Å². The average molecular weight is 295 g/mol. The van der Waals surface area contributed by atoms with Gasteiger partial charge in [-0.3, -0.25) is 4.21 Å². The summed E-state index contributed by atoms with van der Waals surface area (Å²) < 4.78 is 38.0. The lowest BCUT2D eigenvalue weighted by atomic mass is 10.1. The van der Waals surface area contributed by atoms with Gasteiger partial charge in [0.05, 0.1) is 10.8 Å². The minimum atomic E-state index is -1.47. The van der Waals surface area contributed by atoms with Crippen molar-refractivity contribution in [1.82, 2.24) is 0 Å². The second-order valence-electron chi connectivity index (χ2n) is 4.61. The fourth-order valence-corrected chi connectivity index (χ4v) is 2.95. The highest BCUT2D eigenvalue weighted by Crippen LogP contribution is 2.17. The lowest BCUT2D eigenvalue weighted by Crippen LogP contribution is -2.18. The Morgan fingerprint density at radius 2 is 1.75 bits per heavy atom. The Kier molecular flexibility index (Phi) is 4.62. The van der Waals surface area contributed by atoms with Crippen LogP contribution in [0.15, 0.2) is 47.4 Å². The van der Waals surface area contributed by atoms with Crippen molar-refractivity contribution in [2.75, 3.05) is 5.75 Å². The van der Waals surface area contributed by atoms with E-state index in [1.807, 2.05) is 31.2 Å². The molecule has 2 nitrogen and oxygen atoms in total. The molecule has 20 heavy (non-hydrogen) atoms. The van der Waals surface area contributed by atoms with Crippen LogP contribution in [0.2, 0.25) is 0 Å². The lowest BCUT2D eigenvalue weighted by Gasteiger charge is -2.12. The molecule has 0 spiro atoms. The molecule has 2 rings (SSSR count). The second kappa shape index (κ2) is 6.24. The van der Waals surface area contributed by atoms with E-state index in [-0.39, 0.29) is 10.6 Å². The maximum atomic E-state index is 13.1. The minimum absolute atomic E-state index is 0.161. The number of nitrogens with two attached hydrogens (primary N) is 1. The summed E-state index contributed by atoms with van der Waals surface area (Å²) in [4.78, 5) is 0.242. The summed E-state index contributed by atoms with van der Waals surface area (Å²) in [6.07, 6.45) is 0. The van der Waals surface area contributed by atoms with E-state index < -0.39 is 28.5 Å². The molecule has 0 saturated carbocycles. The summed E-state index contributed by atoms with van der Waals surface area (Å²) in [5.41, 5.74) is 7.97. The van der Waals surface area contributed by atoms with E-state index in [9.17, 15) is 13.0 Å². The Morgan fingerprint density at radius 3 is 2.35 bits per heavy atom. The van der Waals surface area contributed by atoms with Crippen molar-refractivity contribution in [3.8, 4) is 0 Å². The molecule has 0 aliphatic rings. The molecule has 0 aromatic heterocycles. The van der Waals surface area contributed by atoms with Crippen molar-refractivity contribution in [2.45, 2.75) is 17.9 Å². The molecular formula is C15H15F2NOS. The molecule has 0 aliphatic carbocycles. The SMILES string of the molecule is Cc1ccc(C(N)CS(=O)c2ccc(F)c(F)c2)cc1. The molecule has 2 aromatic rings. The summed E-state index contributed by atoms with van der Waals surface area (Å²) >= 11 is 0. The van der Waals surface area contributed by atoms with E-state index in [0.717, 1.165) is 23.3 Å². The second-order valence-corrected chi connectivity index (χ2v) is 6.10.